The molecule has 2 rings (SSSR count). The fraction of sp³-hybridized carbons (Fsp3) is 0.846. The van der Waals surface area contributed by atoms with Crippen LogP contribution in [-0.4, -0.2) is 17.4 Å². The Labute approximate surface area is 109 Å². The number of nitrogens with one attached hydrogen (secondary N) is 1. The fourth-order valence-electron chi connectivity index (χ4n) is 2.80. The predicted molar refractivity (Wildman–Crippen MR) is 72.6 cm³/mol. The minimum atomic E-state index is -0.493. The van der Waals surface area contributed by atoms with E-state index < -0.39 is 5.41 Å². The zero-order valence-corrected chi connectivity index (χ0v) is 11.3. The van der Waals surface area contributed by atoms with Gasteiger partial charge in [0.2, 0.25) is 5.91 Å². The van der Waals surface area contributed by atoms with Crippen molar-refractivity contribution in [2.24, 2.45) is 23.0 Å². The quantitative estimate of drug-likeness (QED) is 0.754. The first-order valence-corrected chi connectivity index (χ1v) is 7.05. The molecule has 2 unspecified atom stereocenters. The molecule has 0 aromatic carbocycles. The van der Waals surface area contributed by atoms with Crippen LogP contribution in [0.1, 0.15) is 45.4 Å². The lowest BCUT2D eigenvalue weighted by molar-refractivity contribution is -0.124. The highest BCUT2D eigenvalue weighted by atomic mass is 32.1. The van der Waals surface area contributed by atoms with Crippen LogP contribution in [0.5, 0.6) is 0 Å². The van der Waals surface area contributed by atoms with Crippen LogP contribution in [0.25, 0.3) is 0 Å². The monoisotopic (exact) mass is 254 g/mol. The van der Waals surface area contributed by atoms with Crippen LogP contribution in [0.15, 0.2) is 0 Å². The predicted octanol–water partition coefficient (Wildman–Crippen LogP) is 2.00. The van der Waals surface area contributed by atoms with Crippen LogP contribution in [0, 0.1) is 17.3 Å². The van der Waals surface area contributed by atoms with Gasteiger partial charge in [-0.05, 0) is 31.1 Å². The summed E-state index contributed by atoms with van der Waals surface area (Å²) in [6.07, 6.45) is 6.82. The molecule has 1 amide bonds. The maximum Gasteiger partial charge on any atom is 0.233 e. The number of nitrogens with two attached hydrogens (primary N) is 1. The highest BCUT2D eigenvalue weighted by Gasteiger charge is 2.52. The molecule has 2 atom stereocenters. The summed E-state index contributed by atoms with van der Waals surface area (Å²) in [4.78, 5) is 12.4. The Hall–Kier alpha value is -0.640. The lowest BCUT2D eigenvalue weighted by Crippen LogP contribution is -2.42. The topological polar surface area (TPSA) is 55.1 Å². The standard InChI is InChI=1S/C13H22N2OS/c1-9-4-2-3-5-10(9)8-15-12(16)13(6-7-13)11(14)17/h9-10H,2-8H2,1H3,(H2,14,17)(H,15,16). The molecule has 96 valence electrons. The number of thiocarbonyl (C=S) groups is 1. The molecule has 2 aliphatic rings. The first-order valence-electron chi connectivity index (χ1n) is 6.64. The van der Waals surface area contributed by atoms with E-state index in [1.165, 1.54) is 25.7 Å². The molecule has 4 heteroatoms. The summed E-state index contributed by atoms with van der Waals surface area (Å²) in [5.74, 6) is 1.42. The fourth-order valence-corrected chi connectivity index (χ4v) is 3.10. The van der Waals surface area contributed by atoms with E-state index in [-0.39, 0.29) is 5.91 Å². The third kappa shape index (κ3) is 2.62. The van der Waals surface area contributed by atoms with E-state index in [1.54, 1.807) is 0 Å². The number of hydrogen-bond acceptors (Lipinski definition) is 2. The molecule has 0 aromatic heterocycles. The summed E-state index contributed by atoms with van der Waals surface area (Å²) in [5.41, 5.74) is 5.15. The van der Waals surface area contributed by atoms with Gasteiger partial charge in [0.15, 0.2) is 0 Å². The van der Waals surface area contributed by atoms with Crippen molar-refractivity contribution < 1.29 is 4.79 Å². The molecular weight excluding hydrogens is 232 g/mol. The first-order chi connectivity index (χ1) is 8.06. The maximum atomic E-state index is 12.0. The zero-order valence-electron chi connectivity index (χ0n) is 10.5. The summed E-state index contributed by atoms with van der Waals surface area (Å²) in [6, 6.07) is 0. The Kier molecular flexibility index (Phi) is 3.71. The van der Waals surface area contributed by atoms with E-state index in [4.69, 9.17) is 18.0 Å². The van der Waals surface area contributed by atoms with Crippen molar-refractivity contribution >= 4 is 23.1 Å². The number of hydrogen-bond donors (Lipinski definition) is 2. The molecule has 0 heterocycles. The van der Waals surface area contributed by atoms with Gasteiger partial charge in [-0.3, -0.25) is 4.79 Å². The molecule has 3 N–H and O–H groups in total. The Morgan fingerprint density at radius 1 is 1.41 bits per heavy atom. The minimum Gasteiger partial charge on any atom is -0.392 e. The number of carbonyl (C=O) groups is 1. The van der Waals surface area contributed by atoms with Gasteiger partial charge in [-0.1, -0.05) is 38.4 Å². The third-order valence-corrected chi connectivity index (χ3v) is 4.86. The molecule has 0 bridgehead atoms. The second kappa shape index (κ2) is 4.92. The van der Waals surface area contributed by atoms with Crippen molar-refractivity contribution in [3.05, 3.63) is 0 Å². The highest BCUT2D eigenvalue weighted by Crippen LogP contribution is 2.46. The summed E-state index contributed by atoms with van der Waals surface area (Å²) >= 11 is 4.98. The van der Waals surface area contributed by atoms with Crippen LogP contribution in [0.3, 0.4) is 0 Å². The van der Waals surface area contributed by atoms with Crippen LogP contribution in [0.2, 0.25) is 0 Å². The van der Waals surface area contributed by atoms with E-state index in [0.29, 0.717) is 10.9 Å². The van der Waals surface area contributed by atoms with Gasteiger partial charge in [-0.2, -0.15) is 0 Å². The molecule has 0 aromatic rings. The number of rotatable bonds is 4. The molecule has 2 saturated carbocycles. The highest BCUT2D eigenvalue weighted by molar-refractivity contribution is 7.80. The molecule has 0 aliphatic heterocycles. The van der Waals surface area contributed by atoms with Crippen LogP contribution >= 0.6 is 12.2 Å². The van der Waals surface area contributed by atoms with E-state index in [9.17, 15) is 4.79 Å². The van der Waals surface area contributed by atoms with E-state index in [1.807, 2.05) is 0 Å². The third-order valence-electron chi connectivity index (χ3n) is 4.47. The second-order valence-electron chi connectivity index (χ2n) is 5.68. The largest absolute Gasteiger partial charge is 0.392 e. The van der Waals surface area contributed by atoms with Crippen molar-refractivity contribution in [3.8, 4) is 0 Å². The van der Waals surface area contributed by atoms with Crippen molar-refractivity contribution in [2.75, 3.05) is 6.54 Å². The Bertz CT molecular complexity index is 325. The Morgan fingerprint density at radius 3 is 2.59 bits per heavy atom. The molecule has 0 saturated heterocycles. The normalized spacial score (nSPS) is 30.6. The van der Waals surface area contributed by atoms with Gasteiger partial charge < -0.3 is 11.1 Å². The average molecular weight is 254 g/mol. The van der Waals surface area contributed by atoms with E-state index in [2.05, 4.69) is 12.2 Å². The van der Waals surface area contributed by atoms with Gasteiger partial charge in [0.25, 0.3) is 0 Å². The van der Waals surface area contributed by atoms with Crippen molar-refractivity contribution in [2.45, 2.75) is 45.4 Å². The number of carbonyl (C=O) groups excluding carboxylic acids is 1. The van der Waals surface area contributed by atoms with E-state index in [0.717, 1.165) is 25.3 Å². The van der Waals surface area contributed by atoms with Gasteiger partial charge in [-0.25, -0.2) is 0 Å². The molecule has 0 spiro atoms. The van der Waals surface area contributed by atoms with Crippen LogP contribution in [0.4, 0.5) is 0 Å². The zero-order chi connectivity index (χ0) is 12.5. The Morgan fingerprint density at radius 2 is 2.06 bits per heavy atom. The van der Waals surface area contributed by atoms with Crippen molar-refractivity contribution in [1.29, 1.82) is 0 Å². The van der Waals surface area contributed by atoms with Gasteiger partial charge in [-0.15, -0.1) is 0 Å². The smallest absolute Gasteiger partial charge is 0.233 e. The minimum absolute atomic E-state index is 0.0581. The molecule has 3 nitrogen and oxygen atoms in total. The first kappa shape index (κ1) is 12.8. The van der Waals surface area contributed by atoms with Crippen LogP contribution < -0.4 is 11.1 Å². The van der Waals surface area contributed by atoms with Crippen LogP contribution in [-0.2, 0) is 4.79 Å². The molecule has 2 aliphatic carbocycles. The second-order valence-corrected chi connectivity index (χ2v) is 6.12. The lowest BCUT2D eigenvalue weighted by Gasteiger charge is -2.29. The lowest BCUT2D eigenvalue weighted by atomic mass is 9.80. The molecular formula is C13H22N2OS. The summed E-state index contributed by atoms with van der Waals surface area (Å²) < 4.78 is 0. The summed E-state index contributed by atoms with van der Waals surface area (Å²) in [6.45, 7) is 3.08. The summed E-state index contributed by atoms with van der Waals surface area (Å²) in [5, 5.41) is 3.06. The maximum absolute atomic E-state index is 12.0. The van der Waals surface area contributed by atoms with Gasteiger partial charge in [0.1, 0.15) is 0 Å². The Balaban J connectivity index is 1.82. The van der Waals surface area contributed by atoms with Crippen molar-refractivity contribution in [3.63, 3.8) is 0 Å². The number of amides is 1. The average Bonchev–Trinajstić information content (AvgIpc) is 3.08. The molecule has 2 fully saturated rings. The molecule has 17 heavy (non-hydrogen) atoms. The van der Waals surface area contributed by atoms with Crippen molar-refractivity contribution in [1.82, 2.24) is 5.32 Å². The van der Waals surface area contributed by atoms with Gasteiger partial charge in [0.05, 0.1) is 10.4 Å². The summed E-state index contributed by atoms with van der Waals surface area (Å²) in [7, 11) is 0. The van der Waals surface area contributed by atoms with Gasteiger partial charge >= 0.3 is 0 Å². The van der Waals surface area contributed by atoms with Gasteiger partial charge in [0, 0.05) is 6.54 Å². The molecule has 0 radical (unpaired) electrons. The van der Waals surface area contributed by atoms with E-state index >= 15 is 0 Å². The SMILES string of the molecule is CC1CCCCC1CNC(=O)C1(C(N)=S)CC1.